The molecule has 15 heteroatoms. The van der Waals surface area contributed by atoms with E-state index in [9.17, 15) is 14.4 Å². The number of hydrogen-bond acceptors (Lipinski definition) is 11. The van der Waals surface area contributed by atoms with Crippen LogP contribution in [0.3, 0.4) is 0 Å². The first-order valence-electron chi connectivity index (χ1n) is 18.8. The number of hydrogen-bond donors (Lipinski definition) is 2. The van der Waals surface area contributed by atoms with Gasteiger partial charge in [0.05, 0.1) is 51.5 Å². The fraction of sp³-hybridized carbons (Fsp3) is 0.649. The largest absolute Gasteiger partial charge is 0.495 e. The maximum Gasteiger partial charge on any atom is 0.409 e. The highest BCUT2D eigenvalue weighted by Gasteiger charge is 2.41. The van der Waals surface area contributed by atoms with Gasteiger partial charge in [-0.1, -0.05) is 39.4 Å². The van der Waals surface area contributed by atoms with E-state index in [2.05, 4.69) is 40.2 Å². The molecule has 1 saturated heterocycles. The SMILES string of the molecule is CC[C@@H]1C(=O)N(C)c2cnc(Nc3ccc(C(=O)NCCOCCOC4CCN(C(=O)OCC[Si](C)(C)C)CC4)cc3OC)nc2N1C1CCCC1. The van der Waals surface area contributed by atoms with Crippen molar-refractivity contribution in [3.05, 3.63) is 30.0 Å². The number of aromatic nitrogens is 2. The van der Waals surface area contributed by atoms with Gasteiger partial charge < -0.3 is 44.3 Å². The van der Waals surface area contributed by atoms with Gasteiger partial charge >= 0.3 is 6.09 Å². The van der Waals surface area contributed by atoms with Crippen LogP contribution in [-0.2, 0) is 19.0 Å². The average molecular weight is 740 g/mol. The Labute approximate surface area is 308 Å². The van der Waals surface area contributed by atoms with Crippen molar-refractivity contribution in [2.45, 2.75) is 95.7 Å². The molecule has 1 aliphatic carbocycles. The van der Waals surface area contributed by atoms with Gasteiger partial charge in [-0.05, 0) is 56.3 Å². The summed E-state index contributed by atoms with van der Waals surface area (Å²) >= 11 is 0. The number of fused-ring (bicyclic) bond motifs is 1. The van der Waals surface area contributed by atoms with Gasteiger partial charge in [0.25, 0.3) is 5.91 Å². The molecule has 2 aliphatic heterocycles. The Kier molecular flexibility index (Phi) is 13.7. The molecule has 1 atom stereocenters. The summed E-state index contributed by atoms with van der Waals surface area (Å²) in [6.45, 7) is 12.2. The van der Waals surface area contributed by atoms with Gasteiger partial charge in [-0.25, -0.2) is 9.78 Å². The predicted octanol–water partition coefficient (Wildman–Crippen LogP) is 5.44. The molecule has 0 bridgehead atoms. The van der Waals surface area contributed by atoms with Gasteiger partial charge in [0.2, 0.25) is 11.9 Å². The average Bonchev–Trinajstić information content (AvgIpc) is 3.67. The van der Waals surface area contributed by atoms with E-state index in [1.807, 2.05) is 6.92 Å². The molecule has 1 saturated carbocycles. The van der Waals surface area contributed by atoms with Gasteiger partial charge in [-0.15, -0.1) is 0 Å². The maximum absolute atomic E-state index is 13.2. The van der Waals surface area contributed by atoms with Crippen LogP contribution in [0.5, 0.6) is 5.75 Å². The first-order valence-corrected chi connectivity index (χ1v) is 22.5. The number of likely N-dealkylation sites (tertiary alicyclic amines) is 1. The monoisotopic (exact) mass is 739 g/mol. The second kappa shape index (κ2) is 18.2. The summed E-state index contributed by atoms with van der Waals surface area (Å²) in [5, 5.41) is 6.15. The number of likely N-dealkylation sites (N-methyl/N-ethyl adjacent to an activating group) is 1. The third kappa shape index (κ3) is 10.1. The Morgan fingerprint density at radius 2 is 1.77 bits per heavy atom. The van der Waals surface area contributed by atoms with Crippen LogP contribution in [0.1, 0.15) is 62.2 Å². The van der Waals surface area contributed by atoms with Crippen molar-refractivity contribution in [3.8, 4) is 5.75 Å². The third-order valence-electron chi connectivity index (χ3n) is 10.0. The molecule has 2 aromatic rings. The van der Waals surface area contributed by atoms with Crippen LogP contribution >= 0.6 is 0 Å². The first-order chi connectivity index (χ1) is 25.0. The molecule has 286 valence electrons. The van der Waals surface area contributed by atoms with Crippen molar-refractivity contribution in [2.24, 2.45) is 0 Å². The number of carbonyl (C=O) groups excluding carboxylic acids is 3. The minimum atomic E-state index is -1.23. The second-order valence-electron chi connectivity index (χ2n) is 15.0. The van der Waals surface area contributed by atoms with E-state index in [-0.39, 0.29) is 36.1 Å². The lowest BCUT2D eigenvalue weighted by Crippen LogP contribution is -2.55. The van der Waals surface area contributed by atoms with Crippen molar-refractivity contribution >= 4 is 49.1 Å². The predicted molar refractivity (Wildman–Crippen MR) is 204 cm³/mol. The number of amides is 3. The van der Waals surface area contributed by atoms with Crippen molar-refractivity contribution in [2.75, 3.05) is 75.3 Å². The Bertz CT molecular complexity index is 1530. The zero-order valence-corrected chi connectivity index (χ0v) is 32.7. The number of rotatable bonds is 16. The molecule has 2 N–H and O–H groups in total. The standard InChI is InChI=1S/C37H57N7O7Si/c1-7-30-35(46)42(2)31-25-39-36(41-33(31)44(30)27-10-8-9-11-27)40-29-13-12-26(24-32(29)48-3)34(45)38-16-19-49-20-21-50-28-14-17-43(18-15-28)37(47)51-22-23-52(4,5)6/h12-13,24-25,27-28,30H,7-11,14-23H2,1-6H3,(H,38,45)(H,39,40,41)/t30-/m1/s1. The van der Waals surface area contributed by atoms with E-state index in [1.165, 1.54) is 0 Å². The highest BCUT2D eigenvalue weighted by atomic mass is 28.3. The fourth-order valence-corrected chi connectivity index (χ4v) is 7.67. The zero-order valence-electron chi connectivity index (χ0n) is 31.7. The fourth-order valence-electron chi connectivity index (χ4n) is 6.95. The molecule has 1 aromatic heterocycles. The smallest absolute Gasteiger partial charge is 0.409 e. The van der Waals surface area contributed by atoms with Crippen LogP contribution in [0, 0.1) is 0 Å². The summed E-state index contributed by atoms with van der Waals surface area (Å²) in [6, 6.07) is 6.15. The first kappa shape index (κ1) is 39.3. The highest BCUT2D eigenvalue weighted by molar-refractivity contribution is 6.76. The van der Waals surface area contributed by atoms with Crippen molar-refractivity contribution < 1.29 is 33.3 Å². The molecule has 52 heavy (non-hydrogen) atoms. The summed E-state index contributed by atoms with van der Waals surface area (Å²) in [5.74, 6) is 1.44. The van der Waals surface area contributed by atoms with Gasteiger partial charge in [-0.3, -0.25) is 9.59 Å². The van der Waals surface area contributed by atoms with Gasteiger partial charge in [0.15, 0.2) is 5.82 Å². The van der Waals surface area contributed by atoms with Gasteiger partial charge in [-0.2, -0.15) is 4.98 Å². The summed E-state index contributed by atoms with van der Waals surface area (Å²) in [7, 11) is 2.10. The van der Waals surface area contributed by atoms with Crippen LogP contribution in [0.4, 0.5) is 27.9 Å². The molecule has 0 unspecified atom stereocenters. The minimum Gasteiger partial charge on any atom is -0.495 e. The summed E-state index contributed by atoms with van der Waals surface area (Å²) in [5.41, 5.74) is 1.76. The Balaban J connectivity index is 1.04. The van der Waals surface area contributed by atoms with E-state index in [4.69, 9.17) is 23.9 Å². The molecular weight excluding hydrogens is 683 g/mol. The number of carbonyl (C=O) groups is 3. The summed E-state index contributed by atoms with van der Waals surface area (Å²) in [4.78, 5) is 53.5. The van der Waals surface area contributed by atoms with Crippen LogP contribution in [0.15, 0.2) is 24.4 Å². The highest BCUT2D eigenvalue weighted by Crippen LogP contribution is 2.40. The molecule has 1 aromatic carbocycles. The lowest BCUT2D eigenvalue weighted by atomic mass is 10.0. The topological polar surface area (TPSA) is 148 Å². The number of methoxy groups -OCH3 is 1. The third-order valence-corrected chi connectivity index (χ3v) is 11.7. The lowest BCUT2D eigenvalue weighted by molar-refractivity contribution is -0.120. The van der Waals surface area contributed by atoms with Gasteiger partial charge in [0.1, 0.15) is 17.5 Å². The molecule has 3 heterocycles. The number of nitrogens with zero attached hydrogens (tertiary/aromatic N) is 5. The number of anilines is 4. The van der Waals surface area contributed by atoms with E-state index in [0.29, 0.717) is 81.1 Å². The van der Waals surface area contributed by atoms with E-state index < -0.39 is 8.07 Å². The van der Waals surface area contributed by atoms with Crippen LogP contribution in [0.2, 0.25) is 25.7 Å². The van der Waals surface area contributed by atoms with Crippen LogP contribution in [-0.4, -0.2) is 119 Å². The Morgan fingerprint density at radius 3 is 2.46 bits per heavy atom. The molecule has 0 spiro atoms. The molecule has 0 radical (unpaired) electrons. The van der Waals surface area contributed by atoms with Gasteiger partial charge in [0, 0.05) is 46.4 Å². The lowest BCUT2D eigenvalue weighted by Gasteiger charge is -2.43. The molecule has 3 aliphatic rings. The molecule has 3 amide bonds. The summed E-state index contributed by atoms with van der Waals surface area (Å²) < 4.78 is 22.7. The van der Waals surface area contributed by atoms with Crippen molar-refractivity contribution in [3.63, 3.8) is 0 Å². The molecule has 5 rings (SSSR count). The molecule has 2 fully saturated rings. The zero-order chi connectivity index (χ0) is 37.3. The number of benzene rings is 1. The maximum atomic E-state index is 13.2. The van der Waals surface area contributed by atoms with Crippen LogP contribution in [0.25, 0.3) is 0 Å². The summed E-state index contributed by atoms with van der Waals surface area (Å²) in [6.07, 6.45) is 8.18. The normalized spacial score (nSPS) is 18.4. The number of ether oxygens (including phenoxy) is 4. The van der Waals surface area contributed by atoms with E-state index in [0.717, 1.165) is 50.4 Å². The van der Waals surface area contributed by atoms with Crippen LogP contribution < -0.4 is 25.2 Å². The van der Waals surface area contributed by atoms with E-state index in [1.54, 1.807) is 48.4 Å². The second-order valence-corrected chi connectivity index (χ2v) is 20.6. The van der Waals surface area contributed by atoms with Crippen molar-refractivity contribution in [1.82, 2.24) is 20.2 Å². The van der Waals surface area contributed by atoms with Crippen molar-refractivity contribution in [1.29, 1.82) is 0 Å². The molecular formula is C37H57N7O7Si. The quantitative estimate of drug-likeness (QED) is 0.168. The number of nitrogens with one attached hydrogen (secondary N) is 2. The van der Waals surface area contributed by atoms with E-state index >= 15 is 0 Å². The number of piperidine rings is 1. The Morgan fingerprint density at radius 1 is 1.02 bits per heavy atom. The minimum absolute atomic E-state index is 0.0687. The Hall–Kier alpha value is -3.95. The molecule has 14 nitrogen and oxygen atoms in total.